The summed E-state index contributed by atoms with van der Waals surface area (Å²) >= 11 is 0. The number of rotatable bonds is 11. The van der Waals surface area contributed by atoms with Gasteiger partial charge in [0.25, 0.3) is 0 Å². The van der Waals surface area contributed by atoms with Crippen molar-refractivity contribution in [2.75, 3.05) is 13.2 Å². The number of hydrogen-bond donors (Lipinski definition) is 0. The van der Waals surface area contributed by atoms with E-state index in [4.69, 9.17) is 9.47 Å². The van der Waals surface area contributed by atoms with Crippen molar-refractivity contribution >= 4 is 0 Å². The van der Waals surface area contributed by atoms with Gasteiger partial charge in [-0.25, -0.2) is 0 Å². The minimum atomic E-state index is -0.225. The van der Waals surface area contributed by atoms with E-state index < -0.39 is 0 Å². The molecule has 26 heavy (non-hydrogen) atoms. The Balaban J connectivity index is 2.30. The van der Waals surface area contributed by atoms with Crippen LogP contribution in [0.4, 0.5) is 0 Å². The first kappa shape index (κ1) is 20.6. The fraction of sp³-hybridized carbons (Fsp3) is 0.478. The van der Waals surface area contributed by atoms with Crippen LogP contribution in [0.1, 0.15) is 38.8 Å². The van der Waals surface area contributed by atoms with Crippen molar-refractivity contribution in [1.29, 1.82) is 0 Å². The molecule has 0 aliphatic rings. The highest BCUT2D eigenvalue weighted by molar-refractivity contribution is 5.17. The van der Waals surface area contributed by atoms with E-state index in [-0.39, 0.29) is 12.3 Å². The molecule has 0 spiro atoms. The number of ether oxygens (including phenoxy) is 2. The molecular weight excluding hydrogens is 322 g/mol. The Kier molecular flexibility index (Phi) is 8.82. The second-order valence-corrected chi connectivity index (χ2v) is 6.89. The van der Waals surface area contributed by atoms with Crippen LogP contribution in [0.5, 0.6) is 0 Å². The third-order valence-electron chi connectivity index (χ3n) is 4.50. The molecule has 0 N–H and O–H groups in total. The van der Waals surface area contributed by atoms with E-state index in [1.54, 1.807) is 0 Å². The fourth-order valence-corrected chi connectivity index (χ4v) is 3.38. The smallest absolute Gasteiger partial charge is 0.173 e. The summed E-state index contributed by atoms with van der Waals surface area (Å²) < 4.78 is 12.0. The Morgan fingerprint density at radius 3 is 1.50 bits per heavy atom. The van der Waals surface area contributed by atoms with Gasteiger partial charge in [0.2, 0.25) is 0 Å². The average Bonchev–Trinajstić information content (AvgIpc) is 2.63. The molecule has 0 amide bonds. The molecule has 142 valence electrons. The molecule has 0 aliphatic carbocycles. The van der Waals surface area contributed by atoms with Crippen LogP contribution in [-0.2, 0) is 22.6 Å². The molecule has 2 aromatic carbocycles. The second-order valence-electron chi connectivity index (χ2n) is 6.89. The van der Waals surface area contributed by atoms with Gasteiger partial charge >= 0.3 is 0 Å². The van der Waals surface area contributed by atoms with Gasteiger partial charge in [0.05, 0.1) is 6.04 Å². The van der Waals surface area contributed by atoms with Crippen LogP contribution < -0.4 is 0 Å². The lowest BCUT2D eigenvalue weighted by molar-refractivity contribution is -0.185. The first-order valence-corrected chi connectivity index (χ1v) is 9.70. The van der Waals surface area contributed by atoms with Gasteiger partial charge in [-0.05, 0) is 30.9 Å². The van der Waals surface area contributed by atoms with E-state index in [1.165, 1.54) is 11.1 Å². The Labute approximate surface area is 158 Å². The second kappa shape index (κ2) is 11.1. The molecule has 0 saturated carbocycles. The molecule has 2 rings (SSSR count). The van der Waals surface area contributed by atoms with Gasteiger partial charge in [-0.1, -0.05) is 74.5 Å². The number of benzene rings is 2. The van der Waals surface area contributed by atoms with Crippen LogP contribution in [0.25, 0.3) is 0 Å². The van der Waals surface area contributed by atoms with Crippen molar-refractivity contribution < 1.29 is 9.47 Å². The number of nitrogens with zero attached hydrogens (tertiary/aromatic N) is 1. The van der Waals surface area contributed by atoms with Gasteiger partial charge < -0.3 is 9.47 Å². The molecule has 2 aromatic rings. The van der Waals surface area contributed by atoms with Crippen LogP contribution in [0, 0.1) is 5.92 Å². The van der Waals surface area contributed by atoms with Crippen molar-refractivity contribution in [3.63, 3.8) is 0 Å². The van der Waals surface area contributed by atoms with Gasteiger partial charge in [0.1, 0.15) is 0 Å². The highest BCUT2D eigenvalue weighted by Gasteiger charge is 2.31. The van der Waals surface area contributed by atoms with Gasteiger partial charge in [-0.15, -0.1) is 0 Å². The van der Waals surface area contributed by atoms with Crippen LogP contribution in [0.15, 0.2) is 60.7 Å². The van der Waals surface area contributed by atoms with Crippen LogP contribution in [0.3, 0.4) is 0 Å². The normalized spacial score (nSPS) is 12.9. The topological polar surface area (TPSA) is 21.7 Å². The summed E-state index contributed by atoms with van der Waals surface area (Å²) in [4.78, 5) is 2.49. The molecule has 3 heteroatoms. The third-order valence-corrected chi connectivity index (χ3v) is 4.50. The quantitative estimate of drug-likeness (QED) is 0.523. The Morgan fingerprint density at radius 1 is 0.731 bits per heavy atom. The van der Waals surface area contributed by atoms with Crippen molar-refractivity contribution in [2.24, 2.45) is 5.92 Å². The van der Waals surface area contributed by atoms with Crippen molar-refractivity contribution in [2.45, 2.75) is 53.1 Å². The summed E-state index contributed by atoms with van der Waals surface area (Å²) in [5, 5.41) is 0. The molecule has 0 radical (unpaired) electrons. The van der Waals surface area contributed by atoms with E-state index in [0.717, 1.165) is 13.1 Å². The Bertz CT molecular complexity index is 553. The van der Waals surface area contributed by atoms with E-state index >= 15 is 0 Å². The zero-order chi connectivity index (χ0) is 18.8. The molecule has 0 aromatic heterocycles. The summed E-state index contributed by atoms with van der Waals surface area (Å²) in [6.45, 7) is 11.6. The molecule has 1 atom stereocenters. The highest BCUT2D eigenvalue weighted by atomic mass is 16.7. The molecule has 0 saturated heterocycles. The zero-order valence-corrected chi connectivity index (χ0v) is 16.6. The first-order chi connectivity index (χ1) is 12.7. The standard InChI is InChI=1S/C23H33NO2/c1-5-25-23(26-6-2)22(19(3)4)24(17-20-13-9-7-10-14-20)18-21-15-11-8-12-16-21/h7-16,19,22-23H,5-6,17-18H2,1-4H3/t22-/m0/s1. The predicted octanol–water partition coefficient (Wildman–Crippen LogP) is 5.11. The largest absolute Gasteiger partial charge is 0.351 e. The zero-order valence-electron chi connectivity index (χ0n) is 16.6. The summed E-state index contributed by atoms with van der Waals surface area (Å²) in [6.07, 6.45) is -0.225. The minimum Gasteiger partial charge on any atom is -0.351 e. The lowest BCUT2D eigenvalue weighted by Gasteiger charge is -2.39. The maximum absolute atomic E-state index is 6.00. The van der Waals surface area contributed by atoms with E-state index in [9.17, 15) is 0 Å². The van der Waals surface area contributed by atoms with Gasteiger partial charge in [-0.3, -0.25) is 4.90 Å². The molecule has 0 heterocycles. The number of hydrogen-bond acceptors (Lipinski definition) is 3. The minimum absolute atomic E-state index is 0.176. The van der Waals surface area contributed by atoms with E-state index in [1.807, 2.05) is 13.8 Å². The van der Waals surface area contributed by atoms with Gasteiger partial charge in [0.15, 0.2) is 6.29 Å². The molecule has 0 unspecified atom stereocenters. The maximum atomic E-state index is 6.00. The summed E-state index contributed by atoms with van der Waals surface area (Å²) in [6, 6.07) is 21.4. The van der Waals surface area contributed by atoms with E-state index in [0.29, 0.717) is 19.1 Å². The van der Waals surface area contributed by atoms with Crippen molar-refractivity contribution in [1.82, 2.24) is 4.90 Å². The fourth-order valence-electron chi connectivity index (χ4n) is 3.38. The van der Waals surface area contributed by atoms with Crippen LogP contribution in [0.2, 0.25) is 0 Å². The summed E-state index contributed by atoms with van der Waals surface area (Å²) in [7, 11) is 0. The summed E-state index contributed by atoms with van der Waals surface area (Å²) in [5.41, 5.74) is 2.61. The Hall–Kier alpha value is -1.68. The van der Waals surface area contributed by atoms with E-state index in [2.05, 4.69) is 79.4 Å². The third kappa shape index (κ3) is 6.24. The molecule has 0 aliphatic heterocycles. The van der Waals surface area contributed by atoms with Crippen molar-refractivity contribution in [3.05, 3.63) is 71.8 Å². The van der Waals surface area contributed by atoms with Gasteiger partial charge in [-0.2, -0.15) is 0 Å². The summed E-state index contributed by atoms with van der Waals surface area (Å²) in [5.74, 6) is 0.408. The van der Waals surface area contributed by atoms with Crippen molar-refractivity contribution in [3.8, 4) is 0 Å². The lowest BCUT2D eigenvalue weighted by Crippen LogP contribution is -2.48. The highest BCUT2D eigenvalue weighted by Crippen LogP contribution is 2.23. The molecule has 0 fully saturated rings. The SMILES string of the molecule is CCOC(OCC)[C@H](C(C)C)N(Cc1ccccc1)Cc1ccccc1. The van der Waals surface area contributed by atoms with Crippen LogP contribution >= 0.6 is 0 Å². The molecule has 0 bridgehead atoms. The monoisotopic (exact) mass is 355 g/mol. The van der Waals surface area contributed by atoms with Gasteiger partial charge in [0, 0.05) is 26.3 Å². The molecular formula is C23H33NO2. The molecule has 3 nitrogen and oxygen atoms in total. The predicted molar refractivity (Wildman–Crippen MR) is 108 cm³/mol. The lowest BCUT2D eigenvalue weighted by atomic mass is 9.99. The maximum Gasteiger partial charge on any atom is 0.173 e. The van der Waals surface area contributed by atoms with Crippen LogP contribution in [-0.4, -0.2) is 30.4 Å². The average molecular weight is 356 g/mol. The first-order valence-electron chi connectivity index (χ1n) is 9.70. The Morgan fingerprint density at radius 2 is 1.15 bits per heavy atom.